The molecule has 5 heteroatoms. The molecule has 4 rings (SSSR count). The molecule has 0 bridgehead atoms. The molecule has 0 aliphatic heterocycles. The van der Waals surface area contributed by atoms with Gasteiger partial charge in [-0.3, -0.25) is 9.59 Å². The Balaban J connectivity index is 1.78. The van der Waals surface area contributed by atoms with E-state index >= 15 is 0 Å². The second-order valence-electron chi connectivity index (χ2n) is 11.6. The minimum atomic E-state index is -1.10. The van der Waals surface area contributed by atoms with Crippen LogP contribution in [0.4, 0.5) is 0 Å². The predicted octanol–water partition coefficient (Wildman–Crippen LogP) is 3.69. The fourth-order valence-corrected chi connectivity index (χ4v) is 7.08. The average Bonchev–Trinajstić information content (AvgIpc) is 3.07. The Labute approximate surface area is 185 Å². The number of carbonyl (C=O) groups excluding carboxylic acids is 2. The van der Waals surface area contributed by atoms with Gasteiger partial charge in [0.15, 0.2) is 5.78 Å². The maximum atomic E-state index is 13.0. The number of allylic oxidation sites excluding steroid dienone is 1. The number of carbonyl (C=O) groups is 2. The molecule has 2 saturated carbocycles. The summed E-state index contributed by atoms with van der Waals surface area (Å²) in [4.78, 5) is 25.9. The minimum absolute atomic E-state index is 0.0470. The van der Waals surface area contributed by atoms with Gasteiger partial charge in [0.1, 0.15) is 5.60 Å². The van der Waals surface area contributed by atoms with Gasteiger partial charge in [-0.25, -0.2) is 0 Å². The van der Waals surface area contributed by atoms with Crippen LogP contribution < -0.4 is 0 Å². The molecule has 172 valence electrons. The zero-order valence-electron chi connectivity index (χ0n) is 19.9. The van der Waals surface area contributed by atoms with Crippen LogP contribution in [-0.4, -0.2) is 39.8 Å². The highest BCUT2D eigenvalue weighted by Gasteiger charge is 2.82. The first kappa shape index (κ1) is 22.7. The number of esters is 1. The Kier molecular flexibility index (Phi) is 5.14. The molecule has 2 fully saturated rings. The summed E-state index contributed by atoms with van der Waals surface area (Å²) in [7, 11) is 0. The van der Waals surface area contributed by atoms with Crippen LogP contribution in [0.15, 0.2) is 23.3 Å². The van der Waals surface area contributed by atoms with Crippen molar-refractivity contribution in [2.75, 3.05) is 6.61 Å². The number of fused-ring (bicyclic) bond motifs is 5. The highest BCUT2D eigenvalue weighted by molar-refractivity contribution is 5.99. The first-order valence-corrected chi connectivity index (χ1v) is 11.8. The Bertz CT molecular complexity index is 867. The zero-order valence-corrected chi connectivity index (χ0v) is 19.9. The van der Waals surface area contributed by atoms with Crippen molar-refractivity contribution in [3.63, 3.8) is 0 Å². The van der Waals surface area contributed by atoms with Crippen molar-refractivity contribution >= 4 is 11.8 Å². The van der Waals surface area contributed by atoms with Crippen LogP contribution in [0.25, 0.3) is 0 Å². The van der Waals surface area contributed by atoms with Gasteiger partial charge in [-0.15, -0.1) is 0 Å². The minimum Gasteiger partial charge on any atom is -0.458 e. The smallest absolute Gasteiger partial charge is 0.309 e. The second-order valence-corrected chi connectivity index (χ2v) is 11.6. The van der Waals surface area contributed by atoms with Crippen LogP contribution >= 0.6 is 0 Å². The zero-order chi connectivity index (χ0) is 23.1. The van der Waals surface area contributed by atoms with Crippen molar-refractivity contribution in [2.24, 2.45) is 46.8 Å². The molecule has 0 aromatic heterocycles. The third-order valence-electron chi connectivity index (χ3n) is 9.46. The van der Waals surface area contributed by atoms with Crippen molar-refractivity contribution in [1.82, 2.24) is 0 Å². The van der Waals surface area contributed by atoms with E-state index in [1.807, 2.05) is 46.8 Å². The summed E-state index contributed by atoms with van der Waals surface area (Å²) >= 11 is 0. The standard InChI is InChI=1S/C26H38O5/c1-13(2)16(5)23(29)31-25-11-15(4)26(30)19-8-14(3)21(28)18(19)9-17(12-27)10-20(26)22(25)24(25,6)7/h8,10,13,15-16,18-20,22,27,30H,9,11-12H2,1-7H3/t15-,16-,18+,19-,20+,22-,25+,26+/m1/s1. The van der Waals surface area contributed by atoms with E-state index in [1.54, 1.807) is 0 Å². The van der Waals surface area contributed by atoms with Gasteiger partial charge in [0.2, 0.25) is 0 Å². The summed E-state index contributed by atoms with van der Waals surface area (Å²) in [5.74, 6) is -1.18. The fraction of sp³-hybridized carbons (Fsp3) is 0.769. The lowest BCUT2D eigenvalue weighted by molar-refractivity contribution is -0.177. The molecular weight excluding hydrogens is 392 g/mol. The molecule has 0 aromatic rings. The van der Waals surface area contributed by atoms with Gasteiger partial charge in [0.25, 0.3) is 0 Å². The lowest BCUT2D eigenvalue weighted by atomic mass is 9.61. The number of Topliss-reactive ketones (excluding diaryl/α,β-unsaturated/α-hetero) is 1. The molecule has 31 heavy (non-hydrogen) atoms. The van der Waals surface area contributed by atoms with E-state index < -0.39 is 11.2 Å². The Morgan fingerprint density at radius 1 is 1.23 bits per heavy atom. The first-order valence-electron chi connectivity index (χ1n) is 11.8. The summed E-state index contributed by atoms with van der Waals surface area (Å²) in [6.07, 6.45) is 5.03. The molecule has 2 N–H and O–H groups in total. The number of rotatable bonds is 4. The van der Waals surface area contributed by atoms with Gasteiger partial charge in [-0.2, -0.15) is 0 Å². The predicted molar refractivity (Wildman–Crippen MR) is 118 cm³/mol. The lowest BCUT2D eigenvalue weighted by Crippen LogP contribution is -2.56. The molecule has 0 unspecified atom stereocenters. The second kappa shape index (κ2) is 7.02. The molecule has 0 aromatic carbocycles. The fourth-order valence-electron chi connectivity index (χ4n) is 7.08. The van der Waals surface area contributed by atoms with E-state index in [-0.39, 0.29) is 65.2 Å². The van der Waals surface area contributed by atoms with E-state index in [2.05, 4.69) is 13.8 Å². The maximum Gasteiger partial charge on any atom is 0.309 e. The largest absolute Gasteiger partial charge is 0.458 e. The van der Waals surface area contributed by atoms with Crippen molar-refractivity contribution in [2.45, 2.75) is 72.5 Å². The van der Waals surface area contributed by atoms with Gasteiger partial charge in [0.05, 0.1) is 18.1 Å². The average molecular weight is 431 g/mol. The van der Waals surface area contributed by atoms with E-state index in [4.69, 9.17) is 4.74 Å². The van der Waals surface area contributed by atoms with Gasteiger partial charge in [-0.1, -0.05) is 53.7 Å². The Morgan fingerprint density at radius 3 is 2.45 bits per heavy atom. The molecule has 8 atom stereocenters. The number of aliphatic hydroxyl groups excluding tert-OH is 1. The van der Waals surface area contributed by atoms with E-state index in [0.717, 1.165) is 5.57 Å². The number of ketones is 1. The third-order valence-corrected chi connectivity index (χ3v) is 9.46. The summed E-state index contributed by atoms with van der Waals surface area (Å²) in [5, 5.41) is 22.3. The van der Waals surface area contributed by atoms with Gasteiger partial charge in [0, 0.05) is 29.1 Å². The number of ether oxygens (including phenoxy) is 1. The molecule has 0 radical (unpaired) electrons. The quantitative estimate of drug-likeness (QED) is 0.525. The first-order chi connectivity index (χ1) is 14.3. The molecule has 0 saturated heterocycles. The van der Waals surface area contributed by atoms with Gasteiger partial charge < -0.3 is 14.9 Å². The molecule has 0 heterocycles. The topological polar surface area (TPSA) is 83.8 Å². The monoisotopic (exact) mass is 430 g/mol. The van der Waals surface area contributed by atoms with Gasteiger partial charge in [-0.05, 0) is 42.7 Å². The Morgan fingerprint density at radius 2 is 1.87 bits per heavy atom. The molecule has 0 spiro atoms. The lowest BCUT2D eigenvalue weighted by Gasteiger charge is -2.49. The normalized spacial score (nSPS) is 43.8. The van der Waals surface area contributed by atoms with Crippen LogP contribution in [0.5, 0.6) is 0 Å². The van der Waals surface area contributed by atoms with Crippen molar-refractivity contribution in [1.29, 1.82) is 0 Å². The van der Waals surface area contributed by atoms with Crippen molar-refractivity contribution < 1.29 is 24.5 Å². The molecular formula is C26H38O5. The molecule has 4 aliphatic carbocycles. The summed E-state index contributed by atoms with van der Waals surface area (Å²) < 4.78 is 6.29. The van der Waals surface area contributed by atoms with Crippen molar-refractivity contribution in [3.8, 4) is 0 Å². The van der Waals surface area contributed by atoms with Gasteiger partial charge >= 0.3 is 5.97 Å². The highest BCUT2D eigenvalue weighted by atomic mass is 16.6. The highest BCUT2D eigenvalue weighted by Crippen LogP contribution is 2.76. The third kappa shape index (κ3) is 2.88. The van der Waals surface area contributed by atoms with Crippen LogP contribution in [0.1, 0.15) is 61.3 Å². The maximum absolute atomic E-state index is 13.0. The molecule has 5 nitrogen and oxygen atoms in total. The Hall–Kier alpha value is -1.46. The van der Waals surface area contributed by atoms with Crippen LogP contribution in [0.3, 0.4) is 0 Å². The number of hydrogen-bond donors (Lipinski definition) is 2. The van der Waals surface area contributed by atoms with Crippen LogP contribution in [0.2, 0.25) is 0 Å². The number of aliphatic hydroxyl groups is 2. The summed E-state index contributed by atoms with van der Waals surface area (Å²) in [6, 6.07) is 0. The molecule has 0 amide bonds. The number of hydrogen-bond acceptors (Lipinski definition) is 5. The summed E-state index contributed by atoms with van der Waals surface area (Å²) in [5.41, 5.74) is -0.506. The van der Waals surface area contributed by atoms with E-state index in [9.17, 15) is 19.8 Å². The van der Waals surface area contributed by atoms with Crippen molar-refractivity contribution in [3.05, 3.63) is 23.3 Å². The SMILES string of the molecule is CC1=C[C@@H]2[C@H](CC(CO)=C[C@H]3[C@@H]4C(C)(C)[C@]4(OC(=O)[C@H](C)C(C)C)C[C@@H](C)[C@]23O)C1=O. The summed E-state index contributed by atoms with van der Waals surface area (Å²) in [6.45, 7) is 13.9. The van der Waals surface area contributed by atoms with Crippen LogP contribution in [0, 0.1) is 46.8 Å². The van der Waals surface area contributed by atoms with E-state index in [1.165, 1.54) is 0 Å². The van der Waals surface area contributed by atoms with E-state index in [0.29, 0.717) is 18.4 Å². The molecule has 4 aliphatic rings. The van der Waals surface area contributed by atoms with Crippen LogP contribution in [-0.2, 0) is 14.3 Å².